The van der Waals surface area contributed by atoms with Crippen LogP contribution < -0.4 is 20.7 Å². The number of rotatable bonds is 9. The molecule has 1 saturated heterocycles. The lowest BCUT2D eigenvalue weighted by Crippen LogP contribution is -2.39. The average molecular weight is 668 g/mol. The van der Waals surface area contributed by atoms with Gasteiger partial charge in [0.2, 0.25) is 20.0 Å². The minimum atomic E-state index is -4.35. The van der Waals surface area contributed by atoms with Gasteiger partial charge in [-0.05, 0) is 43.5 Å². The molecule has 5 rings (SSSR count). The highest BCUT2D eigenvalue weighted by Crippen LogP contribution is 2.40. The smallest absolute Gasteiger partial charge is 0.349 e. The third-order valence-electron chi connectivity index (χ3n) is 6.51. The molecule has 1 aliphatic carbocycles. The molecule has 1 saturated carbocycles. The number of benzene rings is 2. The summed E-state index contributed by atoms with van der Waals surface area (Å²) in [4.78, 5) is 24.9. The first-order chi connectivity index (χ1) is 19.7. The van der Waals surface area contributed by atoms with Crippen LogP contribution in [0.5, 0.6) is 17.2 Å². The maximum Gasteiger partial charge on any atom is 0.349 e. The van der Waals surface area contributed by atoms with E-state index in [0.717, 1.165) is 24.3 Å². The summed E-state index contributed by atoms with van der Waals surface area (Å²) in [5.41, 5.74) is -3.89. The number of sulfonamides is 2. The topological polar surface area (TPSA) is 181 Å². The van der Waals surface area contributed by atoms with Gasteiger partial charge < -0.3 is 9.84 Å². The van der Waals surface area contributed by atoms with Crippen LogP contribution in [0, 0.1) is 0 Å². The molecule has 2 aliphatic rings. The second-order valence-electron chi connectivity index (χ2n) is 9.54. The Morgan fingerprint density at radius 2 is 1.74 bits per heavy atom. The molecule has 0 bridgehead atoms. The highest BCUT2D eigenvalue weighted by molar-refractivity contribution is 7.90. The van der Waals surface area contributed by atoms with E-state index in [2.05, 4.69) is 9.82 Å². The summed E-state index contributed by atoms with van der Waals surface area (Å²) in [5, 5.41) is 12.8. The zero-order valence-corrected chi connectivity index (χ0v) is 24.3. The standard InChI is InChI=1S/C23H21Cl2F2N5O8S2/c24-15-7-12(32-23(35)28-22(34)19(29-32)21(26)27)8-16(25)20(15)40-13-1-4-17(33)18(9-13)41(36,37)30-11-5-6-31(10-11)42(38,39)14-2-3-14/h1,4,7-9,11,14,21,30,33H,2-3,5-6,10H2,(H,28,34,35)/t11-/m0/s1. The lowest BCUT2D eigenvalue weighted by molar-refractivity contribution is 0.141. The third-order valence-corrected chi connectivity index (χ3v) is 11.0. The molecule has 3 aromatic rings. The van der Waals surface area contributed by atoms with Crippen LogP contribution in [-0.2, 0) is 20.0 Å². The van der Waals surface area contributed by atoms with Crippen molar-refractivity contribution in [2.24, 2.45) is 0 Å². The van der Waals surface area contributed by atoms with E-state index in [9.17, 15) is 40.3 Å². The second kappa shape index (κ2) is 11.2. The molecule has 0 spiro atoms. The predicted molar refractivity (Wildman–Crippen MR) is 146 cm³/mol. The van der Waals surface area contributed by atoms with Gasteiger partial charge in [0.15, 0.2) is 11.4 Å². The zero-order chi connectivity index (χ0) is 30.6. The van der Waals surface area contributed by atoms with Crippen LogP contribution in [0.1, 0.15) is 31.4 Å². The number of nitrogens with zero attached hydrogens (tertiary/aromatic N) is 3. The fourth-order valence-corrected chi connectivity index (χ4v) is 8.13. The maximum atomic E-state index is 13.1. The minimum absolute atomic E-state index is 0.0430. The predicted octanol–water partition coefficient (Wildman–Crippen LogP) is 2.51. The average Bonchev–Trinajstić information content (AvgIpc) is 3.66. The van der Waals surface area contributed by atoms with E-state index in [1.165, 1.54) is 10.4 Å². The fraction of sp³-hybridized carbons (Fsp3) is 0.348. The summed E-state index contributed by atoms with van der Waals surface area (Å²) < 4.78 is 87.2. The summed E-state index contributed by atoms with van der Waals surface area (Å²) in [6.07, 6.45) is -1.87. The van der Waals surface area contributed by atoms with Gasteiger partial charge in [-0.25, -0.2) is 39.4 Å². The molecule has 0 radical (unpaired) electrons. The highest BCUT2D eigenvalue weighted by atomic mass is 35.5. The lowest BCUT2D eigenvalue weighted by Gasteiger charge is -2.17. The summed E-state index contributed by atoms with van der Waals surface area (Å²) in [5.74, 6) is -0.957. The van der Waals surface area contributed by atoms with Crippen LogP contribution >= 0.6 is 23.2 Å². The minimum Gasteiger partial charge on any atom is -0.507 e. The molecule has 2 heterocycles. The van der Waals surface area contributed by atoms with Crippen LogP contribution in [0.2, 0.25) is 10.0 Å². The van der Waals surface area contributed by atoms with Crippen molar-refractivity contribution in [3.05, 3.63) is 66.9 Å². The monoisotopic (exact) mass is 667 g/mol. The molecule has 2 fully saturated rings. The van der Waals surface area contributed by atoms with Crippen LogP contribution in [0.15, 0.2) is 44.8 Å². The van der Waals surface area contributed by atoms with Crippen molar-refractivity contribution in [3.8, 4) is 22.9 Å². The quantitative estimate of drug-likeness (QED) is 0.309. The van der Waals surface area contributed by atoms with Gasteiger partial charge in [-0.15, -0.1) is 0 Å². The number of phenolic OH excluding ortho intramolecular Hbond substituents is 1. The summed E-state index contributed by atoms with van der Waals surface area (Å²) in [6, 6.07) is 4.72. The number of phenols is 1. The molecule has 42 heavy (non-hydrogen) atoms. The Kier molecular flexibility index (Phi) is 8.10. The molecule has 1 aliphatic heterocycles. The largest absolute Gasteiger partial charge is 0.507 e. The van der Waals surface area contributed by atoms with Crippen molar-refractivity contribution in [2.75, 3.05) is 13.1 Å². The molecule has 3 N–H and O–H groups in total. The Bertz CT molecular complexity index is 1880. The van der Waals surface area contributed by atoms with Crippen molar-refractivity contribution < 1.29 is 35.5 Å². The molecule has 19 heteroatoms. The first-order valence-corrected chi connectivity index (χ1v) is 15.9. The molecule has 0 unspecified atom stereocenters. The fourth-order valence-electron chi connectivity index (χ4n) is 4.30. The van der Waals surface area contributed by atoms with Crippen LogP contribution in [-0.4, -0.2) is 65.4 Å². The van der Waals surface area contributed by atoms with Crippen LogP contribution in [0.3, 0.4) is 0 Å². The van der Waals surface area contributed by atoms with Crippen molar-refractivity contribution in [1.29, 1.82) is 0 Å². The van der Waals surface area contributed by atoms with Gasteiger partial charge in [0.25, 0.3) is 12.0 Å². The first kappa shape index (κ1) is 30.4. The Labute approximate surface area is 246 Å². The molecule has 1 atom stereocenters. The molecular formula is C23H21Cl2F2N5O8S2. The molecule has 226 valence electrons. The number of H-pyrrole nitrogens is 1. The SMILES string of the molecule is O=c1[nH]c(=O)n(-c2cc(Cl)c(Oc3ccc(O)c(S(=O)(=O)N[C@H]4CCN(S(=O)(=O)C5CC5)C4)c3)c(Cl)c2)nc1C(F)F. The van der Waals surface area contributed by atoms with E-state index in [-0.39, 0.29) is 46.7 Å². The van der Waals surface area contributed by atoms with E-state index >= 15 is 0 Å². The Morgan fingerprint density at radius 1 is 1.07 bits per heavy atom. The van der Waals surface area contributed by atoms with Crippen molar-refractivity contribution in [2.45, 2.75) is 41.9 Å². The van der Waals surface area contributed by atoms with Crippen molar-refractivity contribution >= 4 is 43.2 Å². The van der Waals surface area contributed by atoms with Crippen molar-refractivity contribution in [3.63, 3.8) is 0 Å². The maximum absolute atomic E-state index is 13.1. The van der Waals surface area contributed by atoms with Gasteiger partial charge >= 0.3 is 5.69 Å². The molecule has 1 aromatic heterocycles. The van der Waals surface area contributed by atoms with Gasteiger partial charge in [0, 0.05) is 25.2 Å². The van der Waals surface area contributed by atoms with Gasteiger partial charge in [-0.3, -0.25) is 9.78 Å². The van der Waals surface area contributed by atoms with E-state index < -0.39 is 65.4 Å². The number of aromatic hydroxyl groups is 1. The molecule has 13 nitrogen and oxygen atoms in total. The number of hydrogen-bond donors (Lipinski definition) is 3. The Balaban J connectivity index is 1.38. The van der Waals surface area contributed by atoms with Crippen molar-refractivity contribution in [1.82, 2.24) is 23.8 Å². The van der Waals surface area contributed by atoms with Crippen LogP contribution in [0.25, 0.3) is 5.69 Å². The number of nitrogens with one attached hydrogen (secondary N) is 2. The number of aromatic amines is 1. The molecular weight excluding hydrogens is 647 g/mol. The number of hydrogen-bond acceptors (Lipinski definition) is 9. The van der Waals surface area contributed by atoms with E-state index in [1.54, 1.807) is 4.98 Å². The highest BCUT2D eigenvalue weighted by Gasteiger charge is 2.43. The lowest BCUT2D eigenvalue weighted by atomic mass is 10.3. The molecule has 0 amide bonds. The van der Waals surface area contributed by atoms with Gasteiger partial charge in [-0.2, -0.15) is 9.78 Å². The van der Waals surface area contributed by atoms with E-state index in [1.807, 2.05) is 0 Å². The number of alkyl halides is 2. The number of ether oxygens (including phenoxy) is 1. The zero-order valence-electron chi connectivity index (χ0n) is 21.1. The van der Waals surface area contributed by atoms with E-state index in [4.69, 9.17) is 27.9 Å². The Morgan fingerprint density at radius 3 is 2.36 bits per heavy atom. The molecule has 2 aromatic carbocycles. The first-order valence-electron chi connectivity index (χ1n) is 12.2. The van der Waals surface area contributed by atoms with E-state index in [0.29, 0.717) is 17.5 Å². The second-order valence-corrected chi connectivity index (χ2v) is 14.2. The summed E-state index contributed by atoms with van der Waals surface area (Å²) in [6.45, 7) is 0.122. The number of aromatic nitrogens is 3. The summed E-state index contributed by atoms with van der Waals surface area (Å²) >= 11 is 12.5. The normalized spacial score (nSPS) is 18.1. The summed E-state index contributed by atoms with van der Waals surface area (Å²) in [7, 11) is -7.82. The van der Waals surface area contributed by atoms with Gasteiger partial charge in [0.1, 0.15) is 16.4 Å². The van der Waals surface area contributed by atoms with Gasteiger partial charge in [0.05, 0.1) is 21.0 Å². The van der Waals surface area contributed by atoms with Crippen LogP contribution in [0.4, 0.5) is 8.78 Å². The number of halogens is 4. The Hall–Kier alpha value is -3.09. The third kappa shape index (κ3) is 6.02. The van der Waals surface area contributed by atoms with Gasteiger partial charge in [-0.1, -0.05) is 23.2 Å².